The topological polar surface area (TPSA) is 58.4 Å². The molecule has 17 heavy (non-hydrogen) atoms. The molecule has 0 saturated carbocycles. The van der Waals surface area contributed by atoms with Gasteiger partial charge in [-0.15, -0.1) is 0 Å². The fraction of sp³-hybridized carbons (Fsp3) is 0.462. The van der Waals surface area contributed by atoms with Crippen LogP contribution >= 0.6 is 0 Å². The molecule has 2 rings (SSSR count). The predicted octanol–water partition coefficient (Wildman–Crippen LogP) is 2.51. The molecule has 0 unspecified atom stereocenters. The second-order valence-corrected chi connectivity index (χ2v) is 4.60. The van der Waals surface area contributed by atoms with Crippen molar-refractivity contribution in [1.29, 1.82) is 0 Å². The Balaban J connectivity index is 2.17. The molecule has 0 spiro atoms. The molecular formula is C13H19N3O. The smallest absolute Gasteiger partial charge is 0.321 e. The van der Waals surface area contributed by atoms with Crippen molar-refractivity contribution in [3.05, 3.63) is 23.3 Å². The van der Waals surface area contributed by atoms with E-state index in [1.54, 1.807) is 0 Å². The average Bonchev–Trinajstić information content (AvgIpc) is 2.83. The van der Waals surface area contributed by atoms with Crippen LogP contribution in [0.25, 0.3) is 0 Å². The minimum atomic E-state index is -0.0390. The van der Waals surface area contributed by atoms with Gasteiger partial charge in [-0.1, -0.05) is 6.07 Å². The third-order valence-electron chi connectivity index (χ3n) is 3.39. The monoisotopic (exact) mass is 233 g/mol. The fourth-order valence-electron chi connectivity index (χ4n) is 2.11. The van der Waals surface area contributed by atoms with Gasteiger partial charge in [-0.3, -0.25) is 0 Å². The largest absolute Gasteiger partial charge is 0.397 e. The molecule has 4 heteroatoms. The minimum absolute atomic E-state index is 0.0390. The van der Waals surface area contributed by atoms with Gasteiger partial charge >= 0.3 is 6.03 Å². The minimum Gasteiger partial charge on any atom is -0.397 e. The van der Waals surface area contributed by atoms with Gasteiger partial charge in [0.25, 0.3) is 0 Å². The number of carbonyl (C=O) groups is 1. The highest BCUT2D eigenvalue weighted by atomic mass is 16.2. The number of anilines is 2. The number of benzene rings is 1. The Hall–Kier alpha value is -1.71. The van der Waals surface area contributed by atoms with Gasteiger partial charge in [0.05, 0.1) is 11.4 Å². The molecular weight excluding hydrogens is 214 g/mol. The maximum atomic E-state index is 12.0. The molecule has 4 nitrogen and oxygen atoms in total. The first kappa shape index (κ1) is 11.8. The number of nitrogens with two attached hydrogens (primary N) is 1. The van der Waals surface area contributed by atoms with Crippen molar-refractivity contribution in [1.82, 2.24) is 4.90 Å². The third-order valence-corrected chi connectivity index (χ3v) is 3.39. The second-order valence-electron chi connectivity index (χ2n) is 4.60. The summed E-state index contributed by atoms with van der Waals surface area (Å²) in [5, 5.41) is 2.92. The highest BCUT2D eigenvalue weighted by molar-refractivity contribution is 5.94. The SMILES string of the molecule is Cc1ccc(N)c(NC(=O)N2CCCC2)c1C. The lowest BCUT2D eigenvalue weighted by molar-refractivity contribution is 0.222. The van der Waals surface area contributed by atoms with Gasteiger partial charge in [0.2, 0.25) is 0 Å². The van der Waals surface area contributed by atoms with Gasteiger partial charge < -0.3 is 16.0 Å². The van der Waals surface area contributed by atoms with Crippen molar-refractivity contribution < 1.29 is 4.79 Å². The Bertz CT molecular complexity index is 437. The number of rotatable bonds is 1. The van der Waals surface area contributed by atoms with Crippen LogP contribution in [0.4, 0.5) is 16.2 Å². The zero-order chi connectivity index (χ0) is 12.4. The van der Waals surface area contributed by atoms with Gasteiger partial charge in [0, 0.05) is 13.1 Å². The van der Waals surface area contributed by atoms with E-state index in [9.17, 15) is 4.79 Å². The molecule has 0 aliphatic carbocycles. The molecule has 1 fully saturated rings. The number of nitrogen functional groups attached to an aromatic ring is 1. The summed E-state index contributed by atoms with van der Waals surface area (Å²) in [6.45, 7) is 5.68. The lowest BCUT2D eigenvalue weighted by Gasteiger charge is -2.19. The standard InChI is InChI=1S/C13H19N3O/c1-9-5-6-11(14)12(10(9)2)15-13(17)16-7-3-4-8-16/h5-6H,3-4,7-8,14H2,1-2H3,(H,15,17). The van der Waals surface area contributed by atoms with Crippen LogP contribution in [0.15, 0.2) is 12.1 Å². The Labute approximate surface area is 102 Å². The van der Waals surface area contributed by atoms with Crippen LogP contribution in [0, 0.1) is 13.8 Å². The van der Waals surface area contributed by atoms with Gasteiger partial charge in [-0.2, -0.15) is 0 Å². The van der Waals surface area contributed by atoms with Gasteiger partial charge in [0.15, 0.2) is 0 Å². The Morgan fingerprint density at radius 1 is 1.29 bits per heavy atom. The Morgan fingerprint density at radius 2 is 1.94 bits per heavy atom. The van der Waals surface area contributed by atoms with Crippen LogP contribution < -0.4 is 11.1 Å². The fourth-order valence-corrected chi connectivity index (χ4v) is 2.11. The number of aryl methyl sites for hydroxylation is 1. The number of carbonyl (C=O) groups excluding carboxylic acids is 1. The molecule has 1 aliphatic heterocycles. The van der Waals surface area contributed by atoms with Crippen LogP contribution in [0.3, 0.4) is 0 Å². The number of amides is 2. The van der Waals surface area contributed by atoms with Crippen LogP contribution in [-0.4, -0.2) is 24.0 Å². The Kier molecular flexibility index (Phi) is 3.22. The van der Waals surface area contributed by atoms with Crippen LogP contribution in [0.1, 0.15) is 24.0 Å². The number of nitrogens with zero attached hydrogens (tertiary/aromatic N) is 1. The van der Waals surface area contributed by atoms with E-state index < -0.39 is 0 Å². The number of urea groups is 1. The molecule has 0 bridgehead atoms. The quantitative estimate of drug-likeness (QED) is 0.732. The molecule has 92 valence electrons. The first-order valence-corrected chi connectivity index (χ1v) is 6.01. The zero-order valence-electron chi connectivity index (χ0n) is 10.4. The maximum absolute atomic E-state index is 12.0. The molecule has 1 aliphatic rings. The summed E-state index contributed by atoms with van der Waals surface area (Å²) < 4.78 is 0. The number of hydrogen-bond acceptors (Lipinski definition) is 2. The zero-order valence-corrected chi connectivity index (χ0v) is 10.4. The molecule has 1 heterocycles. The summed E-state index contributed by atoms with van der Waals surface area (Å²) in [7, 11) is 0. The second kappa shape index (κ2) is 4.65. The van der Waals surface area contributed by atoms with Crippen molar-refractivity contribution in [2.24, 2.45) is 0 Å². The van der Waals surface area contributed by atoms with E-state index in [1.165, 1.54) is 0 Å². The summed E-state index contributed by atoms with van der Waals surface area (Å²) in [4.78, 5) is 13.8. The lowest BCUT2D eigenvalue weighted by Crippen LogP contribution is -2.32. The summed E-state index contributed by atoms with van der Waals surface area (Å²) in [5.74, 6) is 0. The van der Waals surface area contributed by atoms with Crippen molar-refractivity contribution in [2.45, 2.75) is 26.7 Å². The average molecular weight is 233 g/mol. The van der Waals surface area contributed by atoms with Crippen molar-refractivity contribution in [2.75, 3.05) is 24.1 Å². The molecule has 1 aromatic rings. The van der Waals surface area contributed by atoms with Gasteiger partial charge in [0.1, 0.15) is 0 Å². The molecule has 0 aromatic heterocycles. The lowest BCUT2D eigenvalue weighted by atomic mass is 10.1. The molecule has 2 amide bonds. The van der Waals surface area contributed by atoms with E-state index in [0.717, 1.165) is 42.7 Å². The van der Waals surface area contributed by atoms with Crippen LogP contribution in [-0.2, 0) is 0 Å². The number of nitrogens with one attached hydrogen (secondary N) is 1. The van der Waals surface area contributed by atoms with Crippen molar-refractivity contribution in [3.8, 4) is 0 Å². The third kappa shape index (κ3) is 2.35. The summed E-state index contributed by atoms with van der Waals surface area (Å²) in [6.07, 6.45) is 2.19. The molecule has 0 radical (unpaired) electrons. The first-order valence-electron chi connectivity index (χ1n) is 6.01. The predicted molar refractivity (Wildman–Crippen MR) is 70.2 cm³/mol. The first-order chi connectivity index (χ1) is 8.09. The summed E-state index contributed by atoms with van der Waals surface area (Å²) >= 11 is 0. The van der Waals surface area contributed by atoms with Crippen molar-refractivity contribution in [3.63, 3.8) is 0 Å². The molecule has 3 N–H and O–H groups in total. The highest BCUT2D eigenvalue weighted by Crippen LogP contribution is 2.26. The van der Waals surface area contributed by atoms with Crippen LogP contribution in [0.5, 0.6) is 0 Å². The van der Waals surface area contributed by atoms with E-state index in [0.29, 0.717) is 5.69 Å². The van der Waals surface area contributed by atoms with Crippen LogP contribution in [0.2, 0.25) is 0 Å². The van der Waals surface area contributed by atoms with E-state index >= 15 is 0 Å². The maximum Gasteiger partial charge on any atom is 0.321 e. The normalized spacial score (nSPS) is 15.1. The molecule has 1 saturated heterocycles. The summed E-state index contributed by atoms with van der Waals surface area (Å²) in [5.41, 5.74) is 9.46. The van der Waals surface area contributed by atoms with E-state index in [-0.39, 0.29) is 6.03 Å². The molecule has 0 atom stereocenters. The van der Waals surface area contributed by atoms with Crippen molar-refractivity contribution >= 4 is 17.4 Å². The molecule has 1 aromatic carbocycles. The van der Waals surface area contributed by atoms with E-state index in [2.05, 4.69) is 5.32 Å². The number of likely N-dealkylation sites (tertiary alicyclic amines) is 1. The van der Waals surface area contributed by atoms with E-state index in [1.807, 2.05) is 30.9 Å². The van der Waals surface area contributed by atoms with Gasteiger partial charge in [-0.05, 0) is 43.9 Å². The Morgan fingerprint density at radius 3 is 2.59 bits per heavy atom. The summed E-state index contributed by atoms with van der Waals surface area (Å²) in [6, 6.07) is 3.76. The van der Waals surface area contributed by atoms with Gasteiger partial charge in [-0.25, -0.2) is 4.79 Å². The number of hydrogen-bond donors (Lipinski definition) is 2. The highest BCUT2D eigenvalue weighted by Gasteiger charge is 2.19. The van der Waals surface area contributed by atoms with E-state index in [4.69, 9.17) is 5.73 Å².